The Morgan fingerprint density at radius 1 is 1.11 bits per heavy atom. The summed E-state index contributed by atoms with van der Waals surface area (Å²) in [4.78, 5) is 23.7. The zero-order valence-electron chi connectivity index (χ0n) is 14.7. The summed E-state index contributed by atoms with van der Waals surface area (Å²) in [6.07, 6.45) is -0.855. The Balaban J connectivity index is 1.84. The number of halogens is 2. The second-order valence-electron chi connectivity index (χ2n) is 5.90. The van der Waals surface area contributed by atoms with E-state index in [1.165, 1.54) is 24.4 Å². The van der Waals surface area contributed by atoms with Crippen molar-refractivity contribution in [2.45, 2.75) is 13.5 Å². The Morgan fingerprint density at radius 3 is 2.50 bits per heavy atom. The SMILES string of the molecule is Cc1ccc(-c2scc(NC(=O)OCc3ccccc3)c2C(=O)O)c(F)c1F. The third kappa shape index (κ3) is 4.01. The van der Waals surface area contributed by atoms with E-state index in [1.54, 1.807) is 24.3 Å². The molecule has 3 aromatic rings. The van der Waals surface area contributed by atoms with Crippen molar-refractivity contribution in [3.8, 4) is 10.4 Å². The number of aryl methyl sites for hydroxylation is 1. The number of thiophene rings is 1. The van der Waals surface area contributed by atoms with Gasteiger partial charge in [-0.15, -0.1) is 11.3 Å². The molecule has 0 aliphatic rings. The van der Waals surface area contributed by atoms with Crippen LogP contribution in [-0.2, 0) is 11.3 Å². The van der Waals surface area contributed by atoms with Gasteiger partial charge in [0.2, 0.25) is 0 Å². The lowest BCUT2D eigenvalue weighted by atomic mass is 10.1. The predicted octanol–water partition coefficient (Wildman–Crippen LogP) is 5.45. The van der Waals surface area contributed by atoms with Gasteiger partial charge in [-0.2, -0.15) is 0 Å². The van der Waals surface area contributed by atoms with E-state index in [2.05, 4.69) is 5.32 Å². The Bertz CT molecular complexity index is 1030. The van der Waals surface area contributed by atoms with Gasteiger partial charge in [0, 0.05) is 10.9 Å². The highest BCUT2D eigenvalue weighted by Crippen LogP contribution is 2.38. The number of anilines is 1. The molecule has 28 heavy (non-hydrogen) atoms. The van der Waals surface area contributed by atoms with Gasteiger partial charge in [-0.3, -0.25) is 5.32 Å². The van der Waals surface area contributed by atoms with Gasteiger partial charge in [0.15, 0.2) is 11.6 Å². The number of aromatic carboxylic acids is 1. The molecule has 1 heterocycles. The molecular weight excluding hydrogens is 388 g/mol. The summed E-state index contributed by atoms with van der Waals surface area (Å²) < 4.78 is 33.2. The van der Waals surface area contributed by atoms with Crippen LogP contribution in [0.4, 0.5) is 19.3 Å². The molecule has 3 rings (SSSR count). The van der Waals surface area contributed by atoms with Crippen molar-refractivity contribution in [3.63, 3.8) is 0 Å². The molecule has 0 unspecified atom stereocenters. The predicted molar refractivity (Wildman–Crippen MR) is 102 cm³/mol. The molecule has 2 aromatic carbocycles. The fourth-order valence-electron chi connectivity index (χ4n) is 2.55. The molecule has 0 fully saturated rings. The average Bonchev–Trinajstić information content (AvgIpc) is 3.09. The van der Waals surface area contributed by atoms with Gasteiger partial charge < -0.3 is 9.84 Å². The van der Waals surface area contributed by atoms with Crippen LogP contribution >= 0.6 is 11.3 Å². The zero-order valence-corrected chi connectivity index (χ0v) is 15.5. The molecule has 0 radical (unpaired) electrons. The normalized spacial score (nSPS) is 10.5. The Labute approximate surface area is 163 Å². The van der Waals surface area contributed by atoms with Crippen LogP contribution in [-0.4, -0.2) is 17.2 Å². The summed E-state index contributed by atoms with van der Waals surface area (Å²) >= 11 is 0.885. The molecule has 144 valence electrons. The minimum absolute atomic E-state index is 0.00209. The molecule has 0 bridgehead atoms. The average molecular weight is 403 g/mol. The monoisotopic (exact) mass is 403 g/mol. The zero-order chi connectivity index (χ0) is 20.3. The van der Waals surface area contributed by atoms with E-state index in [4.69, 9.17) is 4.74 Å². The molecule has 5 nitrogen and oxygen atoms in total. The van der Waals surface area contributed by atoms with Crippen molar-refractivity contribution in [2.24, 2.45) is 0 Å². The van der Waals surface area contributed by atoms with Crippen LogP contribution < -0.4 is 5.32 Å². The van der Waals surface area contributed by atoms with Gasteiger partial charge in [0.05, 0.1) is 10.6 Å². The molecular formula is C20H15F2NO4S. The number of rotatable bonds is 5. The number of ether oxygens (including phenoxy) is 1. The lowest BCUT2D eigenvalue weighted by Gasteiger charge is -2.08. The Hall–Kier alpha value is -3.26. The van der Waals surface area contributed by atoms with Crippen molar-refractivity contribution >= 4 is 29.1 Å². The molecule has 8 heteroatoms. The van der Waals surface area contributed by atoms with Crippen molar-refractivity contribution < 1.29 is 28.2 Å². The van der Waals surface area contributed by atoms with E-state index < -0.39 is 23.7 Å². The number of hydrogen-bond donors (Lipinski definition) is 2. The fraction of sp³-hybridized carbons (Fsp3) is 0.100. The number of nitrogens with one attached hydrogen (secondary N) is 1. The van der Waals surface area contributed by atoms with Gasteiger partial charge in [-0.25, -0.2) is 18.4 Å². The third-order valence-electron chi connectivity index (χ3n) is 3.97. The van der Waals surface area contributed by atoms with Gasteiger partial charge in [0.25, 0.3) is 0 Å². The maximum atomic E-state index is 14.3. The quantitative estimate of drug-likeness (QED) is 0.594. The number of carbonyl (C=O) groups excluding carboxylic acids is 1. The molecule has 0 saturated carbocycles. The molecule has 0 saturated heterocycles. The molecule has 0 aliphatic carbocycles. The lowest BCUT2D eigenvalue weighted by molar-refractivity contribution is 0.0699. The second-order valence-corrected chi connectivity index (χ2v) is 6.78. The van der Waals surface area contributed by atoms with E-state index in [9.17, 15) is 23.5 Å². The summed E-state index contributed by atoms with van der Waals surface area (Å²) in [5.74, 6) is -3.56. The number of hydrogen-bond acceptors (Lipinski definition) is 4. The number of benzene rings is 2. The van der Waals surface area contributed by atoms with E-state index in [-0.39, 0.29) is 33.9 Å². The molecule has 0 aliphatic heterocycles. The molecule has 1 aromatic heterocycles. The van der Waals surface area contributed by atoms with Gasteiger partial charge >= 0.3 is 12.1 Å². The van der Waals surface area contributed by atoms with Crippen molar-refractivity contribution in [2.75, 3.05) is 5.32 Å². The highest BCUT2D eigenvalue weighted by molar-refractivity contribution is 7.14. The summed E-state index contributed by atoms with van der Waals surface area (Å²) in [7, 11) is 0. The van der Waals surface area contributed by atoms with Crippen LogP contribution in [0.3, 0.4) is 0 Å². The highest BCUT2D eigenvalue weighted by atomic mass is 32.1. The second kappa shape index (κ2) is 8.18. The van der Waals surface area contributed by atoms with E-state index in [0.29, 0.717) is 0 Å². The number of carboxylic acids is 1. The van der Waals surface area contributed by atoms with Crippen molar-refractivity contribution in [3.05, 3.63) is 76.2 Å². The topological polar surface area (TPSA) is 75.6 Å². The van der Waals surface area contributed by atoms with Crippen LogP contribution in [0.5, 0.6) is 0 Å². The molecule has 0 atom stereocenters. The highest BCUT2D eigenvalue weighted by Gasteiger charge is 2.24. The van der Waals surface area contributed by atoms with Gasteiger partial charge in [-0.05, 0) is 18.1 Å². The van der Waals surface area contributed by atoms with Crippen LogP contribution in [0, 0.1) is 18.6 Å². The number of carbonyl (C=O) groups is 2. The third-order valence-corrected chi connectivity index (χ3v) is 4.99. The van der Waals surface area contributed by atoms with Gasteiger partial charge in [-0.1, -0.05) is 42.5 Å². The number of carboxylic acid groups (broad SMARTS) is 1. The summed E-state index contributed by atoms with van der Waals surface area (Å²) in [5.41, 5.74) is 0.308. The first-order valence-corrected chi connectivity index (χ1v) is 9.04. The van der Waals surface area contributed by atoms with Gasteiger partial charge in [0.1, 0.15) is 12.2 Å². The largest absolute Gasteiger partial charge is 0.478 e. The molecule has 2 N–H and O–H groups in total. The summed E-state index contributed by atoms with van der Waals surface area (Å²) in [5, 5.41) is 13.2. The maximum Gasteiger partial charge on any atom is 0.412 e. The van der Waals surface area contributed by atoms with Crippen LogP contribution in [0.2, 0.25) is 0 Å². The standard InChI is InChI=1S/C20H15F2NO4S/c1-11-7-8-13(17(22)16(11)21)18-15(19(24)25)14(10-28-18)23-20(26)27-9-12-5-3-2-4-6-12/h2-8,10H,9H2,1H3,(H,23,26)(H,24,25). The number of amides is 1. The van der Waals surface area contributed by atoms with Crippen LogP contribution in [0.1, 0.15) is 21.5 Å². The van der Waals surface area contributed by atoms with Crippen molar-refractivity contribution in [1.82, 2.24) is 0 Å². The minimum Gasteiger partial charge on any atom is -0.478 e. The van der Waals surface area contributed by atoms with E-state index in [1.807, 2.05) is 6.07 Å². The molecule has 1 amide bonds. The smallest absolute Gasteiger partial charge is 0.412 e. The first-order valence-electron chi connectivity index (χ1n) is 8.16. The van der Waals surface area contributed by atoms with Crippen LogP contribution in [0.15, 0.2) is 47.8 Å². The Kier molecular flexibility index (Phi) is 5.70. The van der Waals surface area contributed by atoms with E-state index in [0.717, 1.165) is 16.9 Å². The maximum absolute atomic E-state index is 14.3. The lowest BCUT2D eigenvalue weighted by Crippen LogP contribution is -2.15. The summed E-state index contributed by atoms with van der Waals surface area (Å²) in [6, 6.07) is 11.6. The van der Waals surface area contributed by atoms with Crippen molar-refractivity contribution in [1.29, 1.82) is 0 Å². The minimum atomic E-state index is -1.38. The van der Waals surface area contributed by atoms with E-state index >= 15 is 0 Å². The Morgan fingerprint density at radius 2 is 1.82 bits per heavy atom. The fourth-order valence-corrected chi connectivity index (χ4v) is 3.56. The summed E-state index contributed by atoms with van der Waals surface area (Å²) in [6.45, 7) is 1.41. The first kappa shape index (κ1) is 19.5. The first-order chi connectivity index (χ1) is 13.4. The molecule has 0 spiro atoms. The van der Waals surface area contributed by atoms with Crippen LogP contribution in [0.25, 0.3) is 10.4 Å².